The van der Waals surface area contributed by atoms with Crippen molar-refractivity contribution in [3.8, 4) is 0 Å². The van der Waals surface area contributed by atoms with Crippen molar-refractivity contribution in [1.29, 1.82) is 0 Å². The Morgan fingerprint density at radius 3 is 1.94 bits per heavy atom. The van der Waals surface area contributed by atoms with Gasteiger partial charge >= 0.3 is 120 Å². The summed E-state index contributed by atoms with van der Waals surface area (Å²) < 4.78 is 8.84. The van der Waals surface area contributed by atoms with Crippen molar-refractivity contribution in [2.45, 2.75) is 49.8 Å². The van der Waals surface area contributed by atoms with E-state index in [1.807, 2.05) is 0 Å². The molecule has 4 heteroatoms. The van der Waals surface area contributed by atoms with Crippen molar-refractivity contribution in [1.82, 2.24) is 4.98 Å². The van der Waals surface area contributed by atoms with Gasteiger partial charge in [-0.25, -0.2) is 0 Å². The van der Waals surface area contributed by atoms with E-state index >= 15 is 0 Å². The van der Waals surface area contributed by atoms with E-state index < -0.39 is 36.8 Å². The molecular formula is C14H25NOSn2. The summed E-state index contributed by atoms with van der Waals surface area (Å²) in [4.78, 5) is 19.9. The zero-order valence-corrected chi connectivity index (χ0v) is 18.5. The maximum atomic E-state index is 5.77. The number of rotatable bonds is 2. The van der Waals surface area contributed by atoms with Gasteiger partial charge in [0.1, 0.15) is 0 Å². The third-order valence-corrected chi connectivity index (χ3v) is 15.0. The first-order valence-electron chi connectivity index (χ1n) is 6.73. The summed E-state index contributed by atoms with van der Waals surface area (Å²) in [6, 6.07) is 0. The molecule has 0 fully saturated rings. The van der Waals surface area contributed by atoms with Crippen LogP contribution in [0.15, 0.2) is 0 Å². The molecule has 0 saturated heterocycles. The van der Waals surface area contributed by atoms with E-state index in [4.69, 9.17) is 9.72 Å². The van der Waals surface area contributed by atoms with Gasteiger partial charge in [-0.15, -0.1) is 0 Å². The van der Waals surface area contributed by atoms with Crippen molar-refractivity contribution in [3.63, 3.8) is 0 Å². The van der Waals surface area contributed by atoms with Crippen molar-refractivity contribution < 1.29 is 4.74 Å². The summed E-state index contributed by atoms with van der Waals surface area (Å²) in [5, 5.41) is 0. The van der Waals surface area contributed by atoms with Crippen molar-refractivity contribution >= 4 is 44.0 Å². The Balaban J connectivity index is 2.73. The molecule has 0 unspecified atom stereocenters. The number of pyridine rings is 1. The molecule has 0 radical (unpaired) electrons. The number of hydrogen-bond acceptors (Lipinski definition) is 2. The van der Waals surface area contributed by atoms with Crippen LogP contribution in [0.25, 0.3) is 0 Å². The van der Waals surface area contributed by atoms with Gasteiger partial charge in [0.05, 0.1) is 0 Å². The van der Waals surface area contributed by atoms with Gasteiger partial charge < -0.3 is 0 Å². The summed E-state index contributed by atoms with van der Waals surface area (Å²) in [7, 11) is 0. The Kier molecular flexibility index (Phi) is 4.13. The van der Waals surface area contributed by atoms with Gasteiger partial charge in [-0.1, -0.05) is 0 Å². The van der Waals surface area contributed by atoms with E-state index in [1.165, 1.54) is 20.5 Å². The summed E-state index contributed by atoms with van der Waals surface area (Å²) in [6.45, 7) is 3.86. The van der Waals surface area contributed by atoms with Gasteiger partial charge in [0.15, 0.2) is 0 Å². The van der Waals surface area contributed by atoms with Gasteiger partial charge in [0.25, 0.3) is 0 Å². The topological polar surface area (TPSA) is 22.1 Å². The van der Waals surface area contributed by atoms with Crippen molar-refractivity contribution in [3.05, 3.63) is 16.8 Å². The predicted octanol–water partition coefficient (Wildman–Crippen LogP) is 2.51. The number of fused-ring (bicyclic) bond motifs is 1. The molecule has 1 aliphatic heterocycles. The number of hydrogen-bond donors (Lipinski definition) is 0. The molecule has 0 aliphatic carbocycles. The summed E-state index contributed by atoms with van der Waals surface area (Å²) in [5.74, 6) is 0. The van der Waals surface area contributed by atoms with Crippen LogP contribution in [0.5, 0.6) is 0 Å². The molecule has 0 bridgehead atoms. The Labute approximate surface area is 119 Å². The summed E-state index contributed by atoms with van der Waals surface area (Å²) in [5.41, 5.74) is 4.32. The van der Waals surface area contributed by atoms with Crippen LogP contribution >= 0.6 is 0 Å². The zero-order valence-electron chi connectivity index (χ0n) is 12.8. The third-order valence-electron chi connectivity index (χ3n) is 3.55. The van der Waals surface area contributed by atoms with Crippen LogP contribution in [-0.4, -0.2) is 41.7 Å². The molecule has 1 aromatic heterocycles. The Hall–Kier alpha value is 0.707. The second-order valence-corrected chi connectivity index (χ2v) is 35.8. The number of ether oxygens (including phenoxy) is 1. The van der Waals surface area contributed by atoms with E-state index in [0.717, 1.165) is 13.2 Å². The van der Waals surface area contributed by atoms with Gasteiger partial charge in [0, 0.05) is 0 Å². The number of aryl methyl sites for hydroxylation is 1. The molecule has 2 nitrogen and oxygen atoms in total. The van der Waals surface area contributed by atoms with Crippen LogP contribution in [0.2, 0.25) is 29.6 Å². The minimum atomic E-state index is -2.13. The molecule has 18 heavy (non-hydrogen) atoms. The number of aromatic nitrogens is 1. The van der Waals surface area contributed by atoms with Crippen molar-refractivity contribution in [2.24, 2.45) is 0 Å². The van der Waals surface area contributed by atoms with E-state index in [-0.39, 0.29) is 0 Å². The Morgan fingerprint density at radius 2 is 1.44 bits per heavy atom. The third kappa shape index (κ3) is 2.75. The van der Waals surface area contributed by atoms with Gasteiger partial charge in [-0.3, -0.25) is 0 Å². The Bertz CT molecular complexity index is 484. The van der Waals surface area contributed by atoms with Gasteiger partial charge in [-0.2, -0.15) is 0 Å². The van der Waals surface area contributed by atoms with E-state index in [2.05, 4.69) is 36.6 Å². The first-order valence-corrected chi connectivity index (χ1v) is 26.7. The van der Waals surface area contributed by atoms with Crippen molar-refractivity contribution in [2.75, 3.05) is 0 Å². The summed E-state index contributed by atoms with van der Waals surface area (Å²) in [6.07, 6.45) is 0. The first kappa shape index (κ1) is 15.1. The van der Waals surface area contributed by atoms with Crippen LogP contribution in [0.4, 0.5) is 0 Å². The van der Waals surface area contributed by atoms with Gasteiger partial charge in [0.2, 0.25) is 0 Å². The molecule has 0 amide bonds. The van der Waals surface area contributed by atoms with Crippen LogP contribution in [0.3, 0.4) is 0 Å². The van der Waals surface area contributed by atoms with Crippen LogP contribution in [0, 0.1) is 6.92 Å². The second-order valence-electron chi connectivity index (χ2n) is 7.37. The molecule has 0 saturated carbocycles. The fraction of sp³-hybridized carbons (Fsp3) is 0.643. The molecule has 0 aromatic carbocycles. The molecule has 0 N–H and O–H groups in total. The monoisotopic (exact) mass is 463 g/mol. The molecule has 1 aliphatic rings. The quantitative estimate of drug-likeness (QED) is 0.633. The molecule has 2 heterocycles. The molecule has 0 atom stereocenters. The normalized spacial score (nSPS) is 15.9. The molecule has 1 aromatic rings. The first-order chi connectivity index (χ1) is 8.12. The number of nitrogens with zero attached hydrogens (tertiary/aromatic N) is 1. The maximum absolute atomic E-state index is 5.77. The average molecular weight is 461 g/mol. The van der Waals surface area contributed by atoms with Gasteiger partial charge in [-0.05, 0) is 0 Å². The fourth-order valence-electron chi connectivity index (χ4n) is 2.99. The Morgan fingerprint density at radius 1 is 0.889 bits per heavy atom. The van der Waals surface area contributed by atoms with E-state index in [0.29, 0.717) is 0 Å². The van der Waals surface area contributed by atoms with Crippen LogP contribution < -0.4 is 7.29 Å². The molecule has 100 valence electrons. The minimum absolute atomic E-state index is 0.807. The second kappa shape index (κ2) is 4.92. The molecule has 2 rings (SSSR count). The predicted molar refractivity (Wildman–Crippen MR) is 83.4 cm³/mol. The van der Waals surface area contributed by atoms with E-state index in [1.54, 1.807) is 3.58 Å². The zero-order chi connectivity index (χ0) is 13.7. The van der Waals surface area contributed by atoms with Crippen LogP contribution in [0.1, 0.15) is 16.8 Å². The van der Waals surface area contributed by atoms with E-state index in [9.17, 15) is 0 Å². The standard InChI is InChI=1S/C8H7NO.6CH3.2Sn/c1-6-2-7-4-10-5-8(7)3-9-6;;;;;;;;/h4-5H2,1H3;6*1H3;;. The van der Waals surface area contributed by atoms with Crippen LogP contribution in [-0.2, 0) is 18.0 Å². The molecular weight excluding hydrogens is 436 g/mol. The summed E-state index contributed by atoms with van der Waals surface area (Å²) >= 11 is -4.23. The fourth-order valence-corrected chi connectivity index (χ4v) is 14.1. The molecule has 0 spiro atoms. The SMILES string of the molecule is Cc1n[c]([Sn]([CH3])([CH3])[CH3])c2c([c]1[Sn]([CH3])([CH3])[CH3])COC2. The average Bonchev–Trinajstić information content (AvgIpc) is 2.60.